The number of rotatable bonds is 2. The molecule has 2 heteroatoms. The maximum Gasteiger partial charge on any atom is 0.246 e. The first-order valence-electron chi connectivity index (χ1n) is 7.33. The normalized spacial score (nSPS) is 14.2. The standard InChI is InChI=1S/C19H19NO/c1-15-6-8-16(9-7-15)10-11-19(21)20-13-12-17-4-2-3-5-18(17)14-20/h2-11H,12-14H2,1H3. The molecule has 3 rings (SSSR count). The minimum atomic E-state index is 0.0880. The lowest BCUT2D eigenvalue weighted by atomic mass is 10.00. The highest BCUT2D eigenvalue weighted by Crippen LogP contribution is 2.18. The molecule has 0 atom stereocenters. The molecule has 0 saturated heterocycles. The van der Waals surface area contributed by atoms with Crippen molar-refractivity contribution < 1.29 is 4.79 Å². The van der Waals surface area contributed by atoms with E-state index in [-0.39, 0.29) is 5.91 Å². The van der Waals surface area contributed by atoms with Crippen molar-refractivity contribution in [2.75, 3.05) is 6.54 Å². The summed E-state index contributed by atoms with van der Waals surface area (Å²) >= 11 is 0. The Labute approximate surface area is 125 Å². The molecule has 2 aromatic rings. The molecule has 0 radical (unpaired) electrons. The van der Waals surface area contributed by atoms with E-state index in [0.29, 0.717) is 6.54 Å². The molecule has 1 aliphatic heterocycles. The van der Waals surface area contributed by atoms with Crippen LogP contribution < -0.4 is 0 Å². The van der Waals surface area contributed by atoms with Crippen molar-refractivity contribution in [3.63, 3.8) is 0 Å². The van der Waals surface area contributed by atoms with E-state index in [1.807, 2.05) is 29.2 Å². The number of amides is 1. The lowest BCUT2D eigenvalue weighted by Crippen LogP contribution is -2.34. The third-order valence-electron chi connectivity index (χ3n) is 3.94. The van der Waals surface area contributed by atoms with Crippen LogP contribution in [0.5, 0.6) is 0 Å². The molecule has 106 valence electrons. The zero-order valence-electron chi connectivity index (χ0n) is 12.3. The Hall–Kier alpha value is -2.35. The first-order chi connectivity index (χ1) is 10.2. The number of fused-ring (bicyclic) bond motifs is 1. The number of nitrogens with zero attached hydrogens (tertiary/aromatic N) is 1. The monoisotopic (exact) mass is 277 g/mol. The molecule has 0 N–H and O–H groups in total. The molecular formula is C19H19NO. The minimum absolute atomic E-state index is 0.0880. The van der Waals surface area contributed by atoms with Crippen LogP contribution in [0.2, 0.25) is 0 Å². The Balaban J connectivity index is 1.68. The van der Waals surface area contributed by atoms with Gasteiger partial charge in [0.25, 0.3) is 0 Å². The van der Waals surface area contributed by atoms with Crippen LogP contribution in [-0.4, -0.2) is 17.4 Å². The van der Waals surface area contributed by atoms with Crippen molar-refractivity contribution in [2.45, 2.75) is 19.9 Å². The lowest BCUT2D eigenvalue weighted by molar-refractivity contribution is -0.126. The second kappa shape index (κ2) is 5.96. The van der Waals surface area contributed by atoms with E-state index < -0.39 is 0 Å². The van der Waals surface area contributed by atoms with Gasteiger partial charge in [0.05, 0.1) is 0 Å². The van der Waals surface area contributed by atoms with Gasteiger partial charge in [-0.2, -0.15) is 0 Å². The molecule has 0 fully saturated rings. The summed E-state index contributed by atoms with van der Waals surface area (Å²) in [6, 6.07) is 16.5. The van der Waals surface area contributed by atoms with Crippen LogP contribution in [0, 0.1) is 6.92 Å². The third kappa shape index (κ3) is 3.22. The van der Waals surface area contributed by atoms with Crippen LogP contribution in [-0.2, 0) is 17.8 Å². The van der Waals surface area contributed by atoms with Crippen molar-refractivity contribution >= 4 is 12.0 Å². The largest absolute Gasteiger partial charge is 0.334 e. The highest BCUT2D eigenvalue weighted by atomic mass is 16.2. The fourth-order valence-corrected chi connectivity index (χ4v) is 2.63. The van der Waals surface area contributed by atoms with Crippen molar-refractivity contribution in [1.29, 1.82) is 0 Å². The molecule has 0 unspecified atom stereocenters. The molecule has 21 heavy (non-hydrogen) atoms. The van der Waals surface area contributed by atoms with E-state index >= 15 is 0 Å². The van der Waals surface area contributed by atoms with Crippen molar-refractivity contribution in [3.8, 4) is 0 Å². The van der Waals surface area contributed by atoms with Crippen LogP contribution in [0.4, 0.5) is 0 Å². The summed E-state index contributed by atoms with van der Waals surface area (Å²) in [6.07, 6.45) is 4.52. The van der Waals surface area contributed by atoms with Gasteiger partial charge in [-0.05, 0) is 36.1 Å². The predicted octanol–water partition coefficient (Wildman–Crippen LogP) is 3.59. The molecule has 0 aliphatic carbocycles. The van der Waals surface area contributed by atoms with Gasteiger partial charge in [-0.1, -0.05) is 54.1 Å². The molecule has 2 aromatic carbocycles. The Bertz CT molecular complexity index is 670. The molecule has 0 spiro atoms. The molecule has 1 aliphatic rings. The first kappa shape index (κ1) is 13.6. The predicted molar refractivity (Wildman–Crippen MR) is 85.8 cm³/mol. The number of carbonyl (C=O) groups excluding carboxylic acids is 1. The summed E-state index contributed by atoms with van der Waals surface area (Å²) in [6.45, 7) is 3.57. The number of carbonyl (C=O) groups is 1. The summed E-state index contributed by atoms with van der Waals surface area (Å²) < 4.78 is 0. The molecule has 0 aromatic heterocycles. The fraction of sp³-hybridized carbons (Fsp3) is 0.211. The van der Waals surface area contributed by atoms with Crippen molar-refractivity contribution in [2.24, 2.45) is 0 Å². The molecular weight excluding hydrogens is 258 g/mol. The van der Waals surface area contributed by atoms with Crippen molar-refractivity contribution in [3.05, 3.63) is 76.9 Å². The van der Waals surface area contributed by atoms with E-state index in [0.717, 1.165) is 18.5 Å². The quantitative estimate of drug-likeness (QED) is 0.768. The SMILES string of the molecule is Cc1ccc(C=CC(=O)N2CCc3ccccc3C2)cc1. The smallest absolute Gasteiger partial charge is 0.246 e. The minimum Gasteiger partial charge on any atom is -0.334 e. The Morgan fingerprint density at radius 2 is 1.76 bits per heavy atom. The maximum atomic E-state index is 12.3. The zero-order valence-corrected chi connectivity index (χ0v) is 12.3. The van der Waals surface area contributed by atoms with Gasteiger partial charge in [-0.25, -0.2) is 0 Å². The number of hydrogen-bond acceptors (Lipinski definition) is 1. The van der Waals surface area contributed by atoms with Gasteiger partial charge in [0.2, 0.25) is 5.91 Å². The third-order valence-corrected chi connectivity index (χ3v) is 3.94. The number of hydrogen-bond donors (Lipinski definition) is 0. The summed E-state index contributed by atoms with van der Waals surface area (Å²) in [5, 5.41) is 0. The van der Waals surface area contributed by atoms with Crippen molar-refractivity contribution in [1.82, 2.24) is 4.90 Å². The van der Waals surface area contributed by atoms with Crippen LogP contribution in [0.3, 0.4) is 0 Å². The summed E-state index contributed by atoms with van der Waals surface area (Å²) in [5.74, 6) is 0.0880. The average Bonchev–Trinajstić information content (AvgIpc) is 2.53. The fourth-order valence-electron chi connectivity index (χ4n) is 2.63. The number of aryl methyl sites for hydroxylation is 1. The van der Waals surface area contributed by atoms with Crippen LogP contribution in [0.1, 0.15) is 22.3 Å². The highest BCUT2D eigenvalue weighted by Gasteiger charge is 2.18. The Kier molecular flexibility index (Phi) is 3.87. The summed E-state index contributed by atoms with van der Waals surface area (Å²) in [7, 11) is 0. The van der Waals surface area contributed by atoms with Gasteiger partial charge >= 0.3 is 0 Å². The molecule has 0 bridgehead atoms. The second-order valence-electron chi connectivity index (χ2n) is 5.52. The Morgan fingerprint density at radius 1 is 1.05 bits per heavy atom. The molecule has 1 amide bonds. The maximum absolute atomic E-state index is 12.3. The summed E-state index contributed by atoms with van der Waals surface area (Å²) in [5.41, 5.74) is 4.92. The van der Waals surface area contributed by atoms with Gasteiger partial charge < -0.3 is 4.90 Å². The van der Waals surface area contributed by atoms with E-state index in [1.165, 1.54) is 16.7 Å². The molecule has 1 heterocycles. The van der Waals surface area contributed by atoms with Gasteiger partial charge in [0.1, 0.15) is 0 Å². The molecule has 0 saturated carbocycles. The van der Waals surface area contributed by atoms with Gasteiger partial charge in [-0.15, -0.1) is 0 Å². The van der Waals surface area contributed by atoms with Gasteiger partial charge in [0.15, 0.2) is 0 Å². The van der Waals surface area contributed by atoms with Gasteiger partial charge in [0, 0.05) is 19.2 Å². The topological polar surface area (TPSA) is 20.3 Å². The van der Waals surface area contributed by atoms with Crippen LogP contribution >= 0.6 is 0 Å². The van der Waals surface area contributed by atoms with E-state index in [2.05, 4.69) is 37.3 Å². The van der Waals surface area contributed by atoms with E-state index in [4.69, 9.17) is 0 Å². The van der Waals surface area contributed by atoms with Crippen LogP contribution in [0.15, 0.2) is 54.6 Å². The average molecular weight is 277 g/mol. The number of benzene rings is 2. The first-order valence-corrected chi connectivity index (χ1v) is 7.33. The zero-order chi connectivity index (χ0) is 14.7. The summed E-state index contributed by atoms with van der Waals surface area (Å²) in [4.78, 5) is 14.2. The van der Waals surface area contributed by atoms with E-state index in [1.54, 1.807) is 6.08 Å². The van der Waals surface area contributed by atoms with E-state index in [9.17, 15) is 4.79 Å². The van der Waals surface area contributed by atoms with Gasteiger partial charge in [-0.3, -0.25) is 4.79 Å². The van der Waals surface area contributed by atoms with Crippen LogP contribution in [0.25, 0.3) is 6.08 Å². The highest BCUT2D eigenvalue weighted by molar-refractivity contribution is 5.91. The molecule has 2 nitrogen and oxygen atoms in total. The Morgan fingerprint density at radius 3 is 2.52 bits per heavy atom. The second-order valence-corrected chi connectivity index (χ2v) is 5.52. The lowest BCUT2D eigenvalue weighted by Gasteiger charge is -2.27.